The van der Waals surface area contributed by atoms with Crippen molar-refractivity contribution in [2.75, 3.05) is 13.1 Å². The minimum atomic E-state index is -2.81. The van der Waals surface area contributed by atoms with E-state index in [-0.39, 0.29) is 36.5 Å². The third kappa shape index (κ3) is 4.94. The molecule has 1 saturated heterocycles. The second kappa shape index (κ2) is 9.46. The number of nitrogens with one attached hydrogen (secondary N) is 1. The lowest BCUT2D eigenvalue weighted by molar-refractivity contribution is -0.0287. The molecule has 2 fully saturated rings. The van der Waals surface area contributed by atoms with Crippen LogP contribution in [0.2, 0.25) is 0 Å². The van der Waals surface area contributed by atoms with Gasteiger partial charge >= 0.3 is 12.2 Å². The number of halogens is 2. The first-order chi connectivity index (χ1) is 19.0. The van der Waals surface area contributed by atoms with Crippen LogP contribution in [0.25, 0.3) is 11.3 Å². The Morgan fingerprint density at radius 2 is 1.82 bits per heavy atom. The number of carbonyl (C=O) groups is 2. The van der Waals surface area contributed by atoms with Crippen LogP contribution in [0.3, 0.4) is 0 Å². The second-order valence-corrected chi connectivity index (χ2v) is 11.2. The maximum atomic E-state index is 13.9. The Kier molecular flexibility index (Phi) is 6.16. The first kappa shape index (κ1) is 26.0. The van der Waals surface area contributed by atoms with Gasteiger partial charge in [-0.25, -0.2) is 23.4 Å². The predicted octanol–water partition coefficient (Wildman–Crippen LogP) is 5.55. The van der Waals surface area contributed by atoms with Gasteiger partial charge in [-0.15, -0.1) is 0 Å². The van der Waals surface area contributed by atoms with Crippen molar-refractivity contribution < 1.29 is 33.0 Å². The van der Waals surface area contributed by atoms with Crippen molar-refractivity contribution in [2.45, 2.75) is 44.4 Å². The highest BCUT2D eigenvalue weighted by atomic mass is 19.3. The van der Waals surface area contributed by atoms with E-state index in [1.165, 1.54) is 11.0 Å². The molecule has 2 amide bonds. The van der Waals surface area contributed by atoms with Crippen molar-refractivity contribution in [1.82, 2.24) is 15.2 Å². The van der Waals surface area contributed by atoms with Gasteiger partial charge in [0.2, 0.25) is 5.88 Å². The molecule has 3 aliphatic rings. The average molecular weight is 550 g/mol. The van der Waals surface area contributed by atoms with Crippen molar-refractivity contribution in [3.05, 3.63) is 82.9 Å². The topological polar surface area (TPSA) is 101 Å². The van der Waals surface area contributed by atoms with Crippen LogP contribution in [-0.2, 0) is 29.2 Å². The van der Waals surface area contributed by atoms with Gasteiger partial charge in [-0.2, -0.15) is 0 Å². The van der Waals surface area contributed by atoms with E-state index in [0.717, 1.165) is 5.56 Å². The third-order valence-electron chi connectivity index (χ3n) is 8.00. The number of hydrogen-bond acceptors (Lipinski definition) is 5. The molecule has 0 radical (unpaired) electrons. The summed E-state index contributed by atoms with van der Waals surface area (Å²) in [6, 6.07) is 17.7. The van der Waals surface area contributed by atoms with Crippen molar-refractivity contribution in [3.63, 3.8) is 0 Å². The van der Waals surface area contributed by atoms with Gasteiger partial charge in [0.15, 0.2) is 0 Å². The summed E-state index contributed by atoms with van der Waals surface area (Å²) >= 11 is 0. The highest BCUT2D eigenvalue weighted by Crippen LogP contribution is 2.48. The van der Waals surface area contributed by atoms with Crippen molar-refractivity contribution in [1.29, 1.82) is 0 Å². The maximum Gasteiger partial charge on any atom is 0.408 e. The number of alkyl halides is 2. The summed E-state index contributed by atoms with van der Waals surface area (Å²) in [4.78, 5) is 30.0. The normalized spacial score (nSPS) is 22.0. The van der Waals surface area contributed by atoms with Gasteiger partial charge in [0.25, 0.3) is 5.92 Å². The summed E-state index contributed by atoms with van der Waals surface area (Å²) in [5.41, 5.74) is 2.45. The molecule has 0 spiro atoms. The second-order valence-electron chi connectivity index (χ2n) is 11.2. The van der Waals surface area contributed by atoms with Crippen LogP contribution in [0.15, 0.2) is 60.7 Å². The average Bonchev–Trinajstić information content (AvgIpc) is 3.32. The predicted molar refractivity (Wildman–Crippen MR) is 141 cm³/mol. The van der Waals surface area contributed by atoms with Gasteiger partial charge in [-0.1, -0.05) is 42.5 Å². The van der Waals surface area contributed by atoms with E-state index in [4.69, 9.17) is 9.47 Å². The number of benzene rings is 2. The van der Waals surface area contributed by atoms with E-state index in [9.17, 15) is 23.5 Å². The highest BCUT2D eigenvalue weighted by molar-refractivity contribution is 5.70. The molecule has 2 aromatic carbocycles. The molecule has 1 saturated carbocycles. The summed E-state index contributed by atoms with van der Waals surface area (Å²) in [7, 11) is 0. The molecule has 3 aromatic rings. The number of amides is 2. The number of pyridine rings is 1. The molecule has 0 unspecified atom stereocenters. The Hall–Kier alpha value is -4.21. The van der Waals surface area contributed by atoms with Gasteiger partial charge < -0.3 is 24.8 Å². The Morgan fingerprint density at radius 1 is 1.10 bits per heavy atom. The lowest BCUT2D eigenvalue weighted by Crippen LogP contribution is -2.41. The number of ether oxygens (including phenoxy) is 2. The van der Waals surface area contributed by atoms with Gasteiger partial charge in [-0.3, -0.25) is 0 Å². The van der Waals surface area contributed by atoms with E-state index >= 15 is 0 Å². The molecule has 208 valence electrons. The fraction of sp³-hybridized carbons (Fsp3) is 0.367. The van der Waals surface area contributed by atoms with Crippen molar-refractivity contribution in [2.24, 2.45) is 11.8 Å². The summed E-state index contributed by atoms with van der Waals surface area (Å²) in [5.74, 6) is -2.28. The molecule has 0 bridgehead atoms. The molecule has 6 rings (SSSR count). The minimum absolute atomic E-state index is 0.0285. The largest absolute Gasteiger partial charge is 0.474 e. The van der Waals surface area contributed by atoms with Crippen molar-refractivity contribution >= 4 is 12.2 Å². The van der Waals surface area contributed by atoms with Gasteiger partial charge in [0, 0.05) is 48.5 Å². The quantitative estimate of drug-likeness (QED) is 0.401. The maximum absolute atomic E-state index is 13.9. The molecule has 1 aliphatic heterocycles. The summed E-state index contributed by atoms with van der Waals surface area (Å²) in [6.07, 6.45) is -2.01. The van der Waals surface area contributed by atoms with Crippen LogP contribution in [0, 0.1) is 11.8 Å². The highest BCUT2D eigenvalue weighted by Gasteiger charge is 2.59. The number of fused-ring (bicyclic) bond motifs is 2. The molecule has 40 heavy (non-hydrogen) atoms. The number of likely N-dealkylation sites (tertiary alicyclic amines) is 1. The fourth-order valence-electron chi connectivity index (χ4n) is 5.59. The standard InChI is InChI=1S/C30H29F2N3O5/c1-29(2,34-27(36)39-16-17-6-4-3-5-7-17)20-11-24(18-8-9-23-19(10-18)13-30(23,31)32)33-25(12-20)40-26-21-14-35(28(37)38)15-22(21)26/h3-12,21-22,26H,13-16H2,1-2H3,(H,34,36)(H,37,38)/t21-,22+,26-. The molecule has 1 aromatic heterocycles. The smallest absolute Gasteiger partial charge is 0.408 e. The van der Waals surface area contributed by atoms with E-state index in [2.05, 4.69) is 10.3 Å². The summed E-state index contributed by atoms with van der Waals surface area (Å²) < 4.78 is 39.4. The lowest BCUT2D eigenvalue weighted by atomic mass is 9.82. The van der Waals surface area contributed by atoms with E-state index in [1.54, 1.807) is 18.2 Å². The molecule has 2 N–H and O–H groups in total. The van der Waals surface area contributed by atoms with Crippen LogP contribution in [0.1, 0.15) is 36.1 Å². The van der Waals surface area contributed by atoms with Crippen LogP contribution in [0.4, 0.5) is 18.4 Å². The van der Waals surface area contributed by atoms with E-state index < -0.39 is 23.6 Å². The Bertz CT molecular complexity index is 1470. The van der Waals surface area contributed by atoms with E-state index in [0.29, 0.717) is 41.4 Å². The SMILES string of the molecule is CC(C)(NC(=O)OCc1ccccc1)c1cc(O[C@@H]2[C@@H]3CN(C(=O)O)C[C@@H]32)nc(-c2ccc3c(c2)CC3(F)F)c1. The van der Waals surface area contributed by atoms with Crippen LogP contribution in [0.5, 0.6) is 5.88 Å². The molecular weight excluding hydrogens is 520 g/mol. The summed E-state index contributed by atoms with van der Waals surface area (Å²) in [6.45, 7) is 4.60. The molecule has 8 nitrogen and oxygen atoms in total. The molecule has 3 atom stereocenters. The third-order valence-corrected chi connectivity index (χ3v) is 8.00. The number of carbonyl (C=O) groups excluding carboxylic acids is 1. The monoisotopic (exact) mass is 549 g/mol. The minimum Gasteiger partial charge on any atom is -0.474 e. The number of carboxylic acid groups (broad SMARTS) is 1. The number of rotatable bonds is 7. The fourth-order valence-corrected chi connectivity index (χ4v) is 5.59. The zero-order valence-corrected chi connectivity index (χ0v) is 22.1. The molecule has 10 heteroatoms. The molecular formula is C30H29F2N3O5. The zero-order chi connectivity index (χ0) is 28.2. The number of piperidine rings is 1. The Morgan fingerprint density at radius 3 is 2.48 bits per heavy atom. The van der Waals surface area contributed by atoms with Crippen molar-refractivity contribution in [3.8, 4) is 17.1 Å². The first-order valence-corrected chi connectivity index (χ1v) is 13.2. The number of hydrogen-bond donors (Lipinski definition) is 2. The van der Waals surface area contributed by atoms with Gasteiger partial charge in [0.05, 0.1) is 11.2 Å². The van der Waals surface area contributed by atoms with Gasteiger partial charge in [0.1, 0.15) is 12.7 Å². The Balaban J connectivity index is 1.24. The van der Waals surface area contributed by atoms with Gasteiger partial charge in [-0.05, 0) is 42.7 Å². The first-order valence-electron chi connectivity index (χ1n) is 13.2. The van der Waals surface area contributed by atoms with Crippen LogP contribution in [-0.4, -0.2) is 46.4 Å². The number of alkyl carbamates (subject to hydrolysis) is 1. The number of nitrogens with zero attached hydrogens (tertiary/aromatic N) is 2. The summed E-state index contributed by atoms with van der Waals surface area (Å²) in [5, 5.41) is 12.2. The van der Waals surface area contributed by atoms with E-state index in [1.807, 2.05) is 50.2 Å². The molecule has 2 aliphatic carbocycles. The van der Waals surface area contributed by atoms with Crippen LogP contribution < -0.4 is 10.1 Å². The van der Waals surface area contributed by atoms with Crippen LogP contribution >= 0.6 is 0 Å². The number of aromatic nitrogens is 1. The zero-order valence-electron chi connectivity index (χ0n) is 22.1. The Labute approximate surface area is 229 Å². The molecule has 2 heterocycles. The lowest BCUT2D eigenvalue weighted by Gasteiger charge is -2.30.